The highest BCUT2D eigenvalue weighted by atomic mass is 79.9. The van der Waals surface area contributed by atoms with E-state index in [1.165, 1.54) is 26.3 Å². The van der Waals surface area contributed by atoms with Crippen LogP contribution < -0.4 is 26.2 Å². The van der Waals surface area contributed by atoms with Crippen LogP contribution in [0.5, 0.6) is 5.75 Å². The first-order valence-corrected chi connectivity index (χ1v) is 20.4. The highest BCUT2D eigenvalue weighted by Crippen LogP contribution is 2.51. The fourth-order valence-corrected chi connectivity index (χ4v) is 8.38. The molecule has 1 amide bonds. The topological polar surface area (TPSA) is 151 Å². The summed E-state index contributed by atoms with van der Waals surface area (Å²) >= 11 is 3.29. The standard InChI is InChI=1S/C36H45BBrF3N7O6P/c1-8-16-55(50,52-15-9-14-48-21-24(19-44-48)37-53-34(2,3)35(4,5)54-37)22-23-10-12-29(30(17-23)51-7)46-33-43-20-27(36(39,40)41)31(47-33)45-28-13-11-25(38)18-26(28)32(49)42-6/h10-13,17-21H,8-9,14-16,22H2,1-7H3,(H,42,49)(H2,43,45,46,47). The third kappa shape index (κ3) is 10.3. The molecule has 55 heavy (non-hydrogen) atoms. The minimum atomic E-state index is -4.80. The van der Waals surface area contributed by atoms with Gasteiger partial charge in [0.1, 0.15) is 17.1 Å². The van der Waals surface area contributed by atoms with Crippen molar-refractivity contribution in [3.63, 3.8) is 0 Å². The summed E-state index contributed by atoms with van der Waals surface area (Å²) in [5, 5.41) is 12.5. The first-order chi connectivity index (χ1) is 25.9. The van der Waals surface area contributed by atoms with Crippen LogP contribution in [0.25, 0.3) is 0 Å². The first kappa shape index (κ1) is 42.2. The number of carbonyl (C=O) groups excluding carboxylic acids is 1. The Bertz CT molecular complexity index is 2030. The molecule has 1 fully saturated rings. The SMILES string of the molecule is CCCP(=O)(Cc1ccc(Nc2ncc(C(F)(F)F)c(Nc3ccc(Br)cc3C(=O)NC)n2)c(OC)c1)OCCCn1cc(B2OC(C)(C)C(C)(C)O2)cn1. The number of aromatic nitrogens is 4. The molecule has 0 bridgehead atoms. The van der Waals surface area contributed by atoms with Gasteiger partial charge in [0.25, 0.3) is 5.91 Å². The molecule has 1 aliphatic heterocycles. The Morgan fingerprint density at radius 2 is 1.76 bits per heavy atom. The van der Waals surface area contributed by atoms with Crippen molar-refractivity contribution in [3.8, 4) is 5.75 Å². The summed E-state index contributed by atoms with van der Waals surface area (Å²) in [7, 11) is -0.767. The Morgan fingerprint density at radius 1 is 1.05 bits per heavy atom. The molecule has 4 aromatic rings. The van der Waals surface area contributed by atoms with Crippen LogP contribution in [0.1, 0.15) is 68.9 Å². The Balaban J connectivity index is 1.25. The molecule has 0 radical (unpaired) electrons. The average molecular weight is 850 g/mol. The number of amides is 1. The second-order valence-corrected chi connectivity index (χ2v) is 17.6. The maximum Gasteiger partial charge on any atom is 0.498 e. The molecule has 2 aromatic heterocycles. The van der Waals surface area contributed by atoms with Crippen molar-refractivity contribution in [2.45, 2.75) is 77.5 Å². The normalized spacial score (nSPS) is 16.1. The number of rotatable bonds is 16. The lowest BCUT2D eigenvalue weighted by atomic mass is 9.82. The molecule has 19 heteroatoms. The predicted molar refractivity (Wildman–Crippen MR) is 209 cm³/mol. The maximum absolute atomic E-state index is 14.0. The van der Waals surface area contributed by atoms with Gasteiger partial charge in [0.15, 0.2) is 0 Å². The van der Waals surface area contributed by atoms with Crippen molar-refractivity contribution >= 4 is 64.9 Å². The van der Waals surface area contributed by atoms with Crippen molar-refractivity contribution in [3.05, 3.63) is 76.2 Å². The van der Waals surface area contributed by atoms with Gasteiger partial charge in [0, 0.05) is 54.4 Å². The number of carbonyl (C=O) groups is 1. The highest BCUT2D eigenvalue weighted by molar-refractivity contribution is 9.10. The summed E-state index contributed by atoms with van der Waals surface area (Å²) in [6, 6.07) is 9.59. The van der Waals surface area contributed by atoms with Gasteiger partial charge in [-0.25, -0.2) is 4.98 Å². The van der Waals surface area contributed by atoms with Gasteiger partial charge in [-0.15, -0.1) is 0 Å². The van der Waals surface area contributed by atoms with E-state index in [1.807, 2.05) is 40.8 Å². The van der Waals surface area contributed by atoms with Crippen LogP contribution in [-0.2, 0) is 37.3 Å². The number of halogens is 4. The summed E-state index contributed by atoms with van der Waals surface area (Å²) in [5.74, 6) is -0.917. The fraction of sp³-hybridized carbons (Fsp3) is 0.444. The van der Waals surface area contributed by atoms with Gasteiger partial charge < -0.3 is 34.5 Å². The molecular weight excluding hydrogens is 805 g/mol. The van der Waals surface area contributed by atoms with Gasteiger partial charge in [-0.05, 0) is 76.4 Å². The molecule has 1 unspecified atom stereocenters. The van der Waals surface area contributed by atoms with E-state index in [4.69, 9.17) is 18.6 Å². The third-order valence-electron chi connectivity index (χ3n) is 9.34. The summed E-state index contributed by atoms with van der Waals surface area (Å²) in [5.41, 5.74) is 0.0234. The average Bonchev–Trinajstić information content (AvgIpc) is 3.67. The van der Waals surface area contributed by atoms with Crippen molar-refractivity contribution < 1.29 is 41.1 Å². The summed E-state index contributed by atoms with van der Waals surface area (Å²) in [6.45, 7) is 10.7. The van der Waals surface area contributed by atoms with Gasteiger partial charge in [0.2, 0.25) is 13.3 Å². The quantitative estimate of drug-likeness (QED) is 0.0574. The smallest absolute Gasteiger partial charge is 0.495 e. The Hall–Kier alpha value is -3.96. The number of alkyl halides is 3. The molecule has 1 saturated heterocycles. The Kier molecular flexibility index (Phi) is 13.1. The zero-order valence-electron chi connectivity index (χ0n) is 31.7. The van der Waals surface area contributed by atoms with Gasteiger partial charge in [0.05, 0.1) is 41.9 Å². The molecule has 3 N–H and O–H groups in total. The highest BCUT2D eigenvalue weighted by Gasteiger charge is 2.52. The van der Waals surface area contributed by atoms with Crippen LogP contribution >= 0.6 is 23.3 Å². The largest absolute Gasteiger partial charge is 0.498 e. The number of anilines is 4. The van der Waals surface area contributed by atoms with Gasteiger partial charge in [-0.2, -0.15) is 23.3 Å². The molecule has 5 rings (SSSR count). The van der Waals surface area contributed by atoms with Gasteiger partial charge in [-0.3, -0.25) is 14.0 Å². The molecular formula is C36H45BBrF3N7O6P. The van der Waals surface area contributed by atoms with Crippen molar-refractivity contribution in [2.24, 2.45) is 0 Å². The van der Waals surface area contributed by atoms with E-state index in [1.54, 1.807) is 35.1 Å². The minimum Gasteiger partial charge on any atom is -0.495 e. The van der Waals surface area contributed by atoms with E-state index in [2.05, 4.69) is 46.9 Å². The molecule has 1 aliphatic rings. The van der Waals surface area contributed by atoms with E-state index in [-0.39, 0.29) is 30.0 Å². The van der Waals surface area contributed by atoms with Crippen LogP contribution in [0.15, 0.2) is 59.5 Å². The van der Waals surface area contributed by atoms with E-state index >= 15 is 0 Å². The van der Waals surface area contributed by atoms with E-state index in [0.29, 0.717) is 53.2 Å². The van der Waals surface area contributed by atoms with Crippen LogP contribution in [-0.4, -0.2) is 70.9 Å². The van der Waals surface area contributed by atoms with E-state index in [0.717, 1.165) is 5.46 Å². The summed E-state index contributed by atoms with van der Waals surface area (Å²) in [6.07, 6.45) is 1.21. The zero-order chi connectivity index (χ0) is 40.2. The lowest BCUT2D eigenvalue weighted by molar-refractivity contribution is -0.137. The second-order valence-electron chi connectivity index (χ2n) is 14.0. The number of ether oxygens (including phenoxy) is 1. The lowest BCUT2D eigenvalue weighted by Crippen LogP contribution is -2.41. The van der Waals surface area contributed by atoms with Gasteiger partial charge in [-0.1, -0.05) is 28.9 Å². The van der Waals surface area contributed by atoms with Crippen molar-refractivity contribution in [1.82, 2.24) is 25.1 Å². The van der Waals surface area contributed by atoms with Crippen LogP contribution in [0.3, 0.4) is 0 Å². The maximum atomic E-state index is 14.0. The molecule has 1 atom stereocenters. The molecule has 296 valence electrons. The molecule has 3 heterocycles. The van der Waals surface area contributed by atoms with Crippen LogP contribution in [0.2, 0.25) is 0 Å². The Labute approximate surface area is 327 Å². The van der Waals surface area contributed by atoms with Crippen molar-refractivity contribution in [1.29, 1.82) is 0 Å². The summed E-state index contributed by atoms with van der Waals surface area (Å²) in [4.78, 5) is 20.5. The lowest BCUT2D eigenvalue weighted by Gasteiger charge is -2.32. The zero-order valence-corrected chi connectivity index (χ0v) is 34.2. The number of methoxy groups -OCH3 is 1. The molecule has 0 spiro atoms. The molecule has 2 aromatic carbocycles. The number of benzene rings is 2. The van der Waals surface area contributed by atoms with Crippen molar-refractivity contribution in [2.75, 3.05) is 37.6 Å². The van der Waals surface area contributed by atoms with E-state index in [9.17, 15) is 22.5 Å². The predicted octanol–water partition coefficient (Wildman–Crippen LogP) is 7.90. The van der Waals surface area contributed by atoms with Crippen LogP contribution in [0, 0.1) is 0 Å². The number of hydrogen-bond donors (Lipinski definition) is 3. The first-order valence-electron chi connectivity index (χ1n) is 17.6. The fourth-order valence-electron chi connectivity index (χ4n) is 5.75. The molecule has 0 aliphatic carbocycles. The number of nitrogens with zero attached hydrogens (tertiary/aromatic N) is 4. The second kappa shape index (κ2) is 17.0. The number of hydrogen-bond acceptors (Lipinski definition) is 11. The number of aryl methyl sites for hydroxylation is 1. The molecule has 13 nitrogen and oxygen atoms in total. The van der Waals surface area contributed by atoms with E-state index < -0.39 is 49.2 Å². The van der Waals surface area contributed by atoms with Crippen LogP contribution in [0.4, 0.5) is 36.3 Å². The van der Waals surface area contributed by atoms with Gasteiger partial charge >= 0.3 is 13.3 Å². The summed E-state index contributed by atoms with van der Waals surface area (Å²) < 4.78 is 82.3. The third-order valence-corrected chi connectivity index (χ3v) is 12.5. The number of nitrogens with one attached hydrogen (secondary N) is 3. The molecule has 0 saturated carbocycles. The Morgan fingerprint density at radius 3 is 2.42 bits per heavy atom. The minimum absolute atomic E-state index is 0.102. The monoisotopic (exact) mass is 849 g/mol.